The van der Waals surface area contributed by atoms with Crippen molar-refractivity contribution in [1.29, 1.82) is 0 Å². The van der Waals surface area contributed by atoms with Crippen LogP contribution < -0.4 is 16.0 Å². The Morgan fingerprint density at radius 1 is 0.735 bits per heavy atom. The maximum atomic E-state index is 13.5. The minimum absolute atomic E-state index is 0.283. The highest BCUT2D eigenvalue weighted by Crippen LogP contribution is 2.23. The Labute approximate surface area is 196 Å². The van der Waals surface area contributed by atoms with Gasteiger partial charge < -0.3 is 16.0 Å². The van der Waals surface area contributed by atoms with Crippen molar-refractivity contribution < 1.29 is 18.4 Å². The number of alkyl halides is 1. The third kappa shape index (κ3) is 5.75. The summed E-state index contributed by atoms with van der Waals surface area (Å²) in [6.07, 6.45) is 3.46. The molecule has 3 N–H and O–H groups in total. The van der Waals surface area contributed by atoms with Crippen LogP contribution in [0, 0.1) is 11.7 Å². The van der Waals surface area contributed by atoms with E-state index in [-0.39, 0.29) is 17.7 Å². The summed E-state index contributed by atoms with van der Waals surface area (Å²) in [5, 5.41) is 8.82. The molecule has 0 heterocycles. The van der Waals surface area contributed by atoms with Gasteiger partial charge in [0.15, 0.2) is 0 Å². The van der Waals surface area contributed by atoms with Crippen LogP contribution in [0.4, 0.5) is 31.5 Å². The van der Waals surface area contributed by atoms with Crippen molar-refractivity contribution >= 4 is 34.6 Å². The van der Waals surface area contributed by atoms with Crippen molar-refractivity contribution in [2.24, 2.45) is 5.92 Å². The van der Waals surface area contributed by atoms with Crippen LogP contribution in [-0.4, -0.2) is 18.0 Å². The van der Waals surface area contributed by atoms with E-state index in [4.69, 9.17) is 0 Å². The highest BCUT2D eigenvalue weighted by molar-refractivity contribution is 6.06. The number of hydrogen-bond acceptors (Lipinski definition) is 3. The maximum Gasteiger partial charge on any atom is 0.255 e. The molecule has 0 radical (unpaired) electrons. The first kappa shape index (κ1) is 22.9. The molecular weight excluding hydrogens is 436 g/mol. The number of carbonyl (C=O) groups excluding carboxylic acids is 2. The molecule has 1 aliphatic carbocycles. The van der Waals surface area contributed by atoms with Crippen LogP contribution in [0.25, 0.3) is 0 Å². The van der Waals surface area contributed by atoms with E-state index in [1.54, 1.807) is 37.3 Å². The molecule has 34 heavy (non-hydrogen) atoms. The molecule has 7 heteroatoms. The average Bonchev–Trinajstić information content (AvgIpc) is 2.83. The highest BCUT2D eigenvalue weighted by atomic mass is 19.1. The normalized spacial score (nSPS) is 17.0. The van der Waals surface area contributed by atoms with Gasteiger partial charge in [0.1, 0.15) is 12.0 Å². The first-order valence-electron chi connectivity index (χ1n) is 10.8. The van der Waals surface area contributed by atoms with Gasteiger partial charge in [-0.15, -0.1) is 0 Å². The largest absolute Gasteiger partial charge is 0.356 e. The number of allylic oxidation sites excluding steroid dienone is 2. The predicted octanol–water partition coefficient (Wildman–Crippen LogP) is 6.23. The molecule has 172 valence electrons. The van der Waals surface area contributed by atoms with Crippen LogP contribution in [0.15, 0.2) is 96.6 Å². The molecule has 0 aliphatic heterocycles. The maximum absolute atomic E-state index is 13.5. The monoisotopic (exact) mass is 459 g/mol. The Bertz CT molecular complexity index is 1230. The molecule has 1 aliphatic rings. The zero-order chi connectivity index (χ0) is 24.1. The van der Waals surface area contributed by atoms with Crippen molar-refractivity contribution in [2.75, 3.05) is 16.0 Å². The van der Waals surface area contributed by atoms with Gasteiger partial charge in [0.2, 0.25) is 0 Å². The smallest absolute Gasteiger partial charge is 0.255 e. The molecule has 3 aromatic rings. The second-order valence-corrected chi connectivity index (χ2v) is 7.98. The van der Waals surface area contributed by atoms with Crippen LogP contribution in [0.1, 0.15) is 17.3 Å². The van der Waals surface area contributed by atoms with E-state index in [9.17, 15) is 18.4 Å². The SMILES string of the molecule is CC1C=C(C(=O)Nc2ccc(Nc3ccc(NC(=O)c4ccc(F)cc4)cc3)cc2)C=CC1F. The number of anilines is 4. The molecule has 5 nitrogen and oxygen atoms in total. The predicted molar refractivity (Wildman–Crippen MR) is 130 cm³/mol. The second-order valence-electron chi connectivity index (χ2n) is 7.98. The number of rotatable bonds is 6. The Morgan fingerprint density at radius 3 is 1.76 bits per heavy atom. The van der Waals surface area contributed by atoms with Crippen LogP contribution in [0.2, 0.25) is 0 Å². The Hall–Kier alpha value is -4.26. The highest BCUT2D eigenvalue weighted by Gasteiger charge is 2.19. The molecule has 4 rings (SSSR count). The molecule has 0 saturated heterocycles. The number of benzene rings is 3. The zero-order valence-corrected chi connectivity index (χ0v) is 18.4. The van der Waals surface area contributed by atoms with Crippen molar-refractivity contribution in [3.05, 3.63) is 108 Å². The standard InChI is InChI=1S/C27H23F2N3O2/c1-17-16-19(4-15-25(17)29)27(34)32-24-13-9-22(10-14-24)30-21-7-11-23(12-8-21)31-26(33)18-2-5-20(28)6-3-18/h2-17,25,30H,1H3,(H,31,33)(H,32,34). The first-order chi connectivity index (χ1) is 16.4. The molecule has 0 aromatic heterocycles. The molecule has 0 bridgehead atoms. The lowest BCUT2D eigenvalue weighted by Crippen LogP contribution is -2.19. The van der Waals surface area contributed by atoms with Gasteiger partial charge in [-0.2, -0.15) is 0 Å². The molecule has 0 spiro atoms. The van der Waals surface area contributed by atoms with Gasteiger partial charge in [0, 0.05) is 39.8 Å². The topological polar surface area (TPSA) is 70.2 Å². The van der Waals surface area contributed by atoms with Crippen molar-refractivity contribution in [3.8, 4) is 0 Å². The average molecular weight is 459 g/mol. The number of amides is 2. The summed E-state index contributed by atoms with van der Waals surface area (Å²) in [6, 6.07) is 19.7. The summed E-state index contributed by atoms with van der Waals surface area (Å²) >= 11 is 0. The first-order valence-corrected chi connectivity index (χ1v) is 10.8. The molecule has 2 amide bonds. The molecule has 3 aromatic carbocycles. The van der Waals surface area contributed by atoms with Gasteiger partial charge >= 0.3 is 0 Å². The van der Waals surface area contributed by atoms with Crippen LogP contribution in [-0.2, 0) is 4.79 Å². The Balaban J connectivity index is 1.32. The summed E-state index contributed by atoms with van der Waals surface area (Å²) in [5.74, 6) is -1.34. The lowest BCUT2D eigenvalue weighted by atomic mass is 9.96. The van der Waals surface area contributed by atoms with Gasteiger partial charge in [0.05, 0.1) is 0 Å². The number of halogens is 2. The fourth-order valence-electron chi connectivity index (χ4n) is 3.40. The third-order valence-electron chi connectivity index (χ3n) is 5.35. The molecule has 2 unspecified atom stereocenters. The lowest BCUT2D eigenvalue weighted by molar-refractivity contribution is -0.112. The molecule has 0 fully saturated rings. The van der Waals surface area contributed by atoms with E-state index in [0.717, 1.165) is 11.4 Å². The van der Waals surface area contributed by atoms with E-state index in [2.05, 4.69) is 16.0 Å². The van der Waals surface area contributed by atoms with E-state index >= 15 is 0 Å². The summed E-state index contributed by atoms with van der Waals surface area (Å²) in [4.78, 5) is 24.6. The van der Waals surface area contributed by atoms with E-state index in [1.807, 2.05) is 24.3 Å². The van der Waals surface area contributed by atoms with Crippen LogP contribution >= 0.6 is 0 Å². The number of hydrogen-bond donors (Lipinski definition) is 3. The van der Waals surface area contributed by atoms with Crippen molar-refractivity contribution in [3.63, 3.8) is 0 Å². The van der Waals surface area contributed by atoms with Crippen LogP contribution in [0.3, 0.4) is 0 Å². The molecule has 0 saturated carbocycles. The molecular formula is C27H23F2N3O2. The minimum Gasteiger partial charge on any atom is -0.356 e. The van der Waals surface area contributed by atoms with Gasteiger partial charge in [-0.1, -0.05) is 19.1 Å². The number of carbonyl (C=O) groups is 2. The van der Waals surface area contributed by atoms with E-state index in [1.165, 1.54) is 36.4 Å². The summed E-state index contributed by atoms with van der Waals surface area (Å²) in [6.45, 7) is 1.73. The fraction of sp³-hybridized carbons (Fsp3) is 0.111. The van der Waals surface area contributed by atoms with Crippen LogP contribution in [0.5, 0.6) is 0 Å². The fourth-order valence-corrected chi connectivity index (χ4v) is 3.40. The zero-order valence-electron chi connectivity index (χ0n) is 18.4. The number of nitrogens with one attached hydrogen (secondary N) is 3. The van der Waals surface area contributed by atoms with Gasteiger partial charge in [-0.05, 0) is 78.9 Å². The van der Waals surface area contributed by atoms with Crippen molar-refractivity contribution in [1.82, 2.24) is 0 Å². The quantitative estimate of drug-likeness (QED) is 0.409. The van der Waals surface area contributed by atoms with Gasteiger partial charge in [-0.3, -0.25) is 9.59 Å². The Kier molecular flexibility index (Phi) is 6.82. The second kappa shape index (κ2) is 10.1. The minimum atomic E-state index is -1.07. The van der Waals surface area contributed by atoms with E-state index in [0.29, 0.717) is 22.5 Å². The summed E-state index contributed by atoms with van der Waals surface area (Å²) in [7, 11) is 0. The lowest BCUT2D eigenvalue weighted by Gasteiger charge is -2.16. The third-order valence-corrected chi connectivity index (χ3v) is 5.35. The van der Waals surface area contributed by atoms with E-state index < -0.39 is 12.0 Å². The summed E-state index contributed by atoms with van der Waals surface area (Å²) < 4.78 is 26.5. The van der Waals surface area contributed by atoms with Gasteiger partial charge in [-0.25, -0.2) is 8.78 Å². The van der Waals surface area contributed by atoms with Gasteiger partial charge in [0.25, 0.3) is 11.8 Å². The molecule has 2 atom stereocenters. The summed E-state index contributed by atoms with van der Waals surface area (Å²) in [5.41, 5.74) is 3.66. The Morgan fingerprint density at radius 2 is 1.24 bits per heavy atom. The van der Waals surface area contributed by atoms with Crippen molar-refractivity contribution in [2.45, 2.75) is 13.1 Å².